The van der Waals surface area contributed by atoms with Crippen molar-refractivity contribution in [1.82, 2.24) is 5.32 Å². The highest BCUT2D eigenvalue weighted by molar-refractivity contribution is 9.10. The lowest BCUT2D eigenvalue weighted by atomic mass is 10.0. The fourth-order valence-corrected chi connectivity index (χ4v) is 2.86. The molecule has 1 aliphatic rings. The summed E-state index contributed by atoms with van der Waals surface area (Å²) in [7, 11) is 3.77. The molecule has 0 saturated heterocycles. The van der Waals surface area contributed by atoms with Crippen LogP contribution in [0.25, 0.3) is 0 Å². The van der Waals surface area contributed by atoms with Crippen LogP contribution < -0.4 is 10.1 Å². The van der Waals surface area contributed by atoms with Gasteiger partial charge in [0.1, 0.15) is 5.75 Å². The van der Waals surface area contributed by atoms with Gasteiger partial charge in [0, 0.05) is 10.5 Å². The van der Waals surface area contributed by atoms with Gasteiger partial charge in [-0.05, 0) is 55.5 Å². The van der Waals surface area contributed by atoms with E-state index in [4.69, 9.17) is 4.74 Å². The normalized spacial score (nSPS) is 24.5. The SMILES string of the molecule is CNC(Cc1cc(OC)ccc1Br)C1CC1C. The summed E-state index contributed by atoms with van der Waals surface area (Å²) in [6.45, 7) is 2.33. The molecule has 3 unspecified atom stereocenters. The first-order valence-electron chi connectivity index (χ1n) is 6.15. The van der Waals surface area contributed by atoms with E-state index < -0.39 is 0 Å². The van der Waals surface area contributed by atoms with Crippen molar-refractivity contribution in [2.45, 2.75) is 25.8 Å². The molecule has 17 heavy (non-hydrogen) atoms. The van der Waals surface area contributed by atoms with Gasteiger partial charge in [-0.2, -0.15) is 0 Å². The van der Waals surface area contributed by atoms with Crippen molar-refractivity contribution >= 4 is 15.9 Å². The molecular weight excluding hydrogens is 278 g/mol. The van der Waals surface area contributed by atoms with Crippen LogP contribution in [0.1, 0.15) is 18.9 Å². The predicted octanol–water partition coefficient (Wildman–Crippen LogP) is 3.24. The quantitative estimate of drug-likeness (QED) is 0.901. The molecular formula is C14H20BrNO. The van der Waals surface area contributed by atoms with Gasteiger partial charge in [-0.15, -0.1) is 0 Å². The molecule has 1 aromatic rings. The topological polar surface area (TPSA) is 21.3 Å². The van der Waals surface area contributed by atoms with Crippen molar-refractivity contribution in [2.75, 3.05) is 14.2 Å². The number of benzene rings is 1. The molecule has 0 bridgehead atoms. The van der Waals surface area contributed by atoms with E-state index in [9.17, 15) is 0 Å². The van der Waals surface area contributed by atoms with E-state index in [1.54, 1.807) is 7.11 Å². The van der Waals surface area contributed by atoms with Crippen LogP contribution in [-0.4, -0.2) is 20.2 Å². The molecule has 1 fully saturated rings. The van der Waals surface area contributed by atoms with E-state index in [1.807, 2.05) is 6.07 Å². The Labute approximate surface area is 112 Å². The lowest BCUT2D eigenvalue weighted by Crippen LogP contribution is -2.30. The number of halogens is 1. The Morgan fingerprint density at radius 1 is 1.53 bits per heavy atom. The van der Waals surface area contributed by atoms with Gasteiger partial charge in [-0.25, -0.2) is 0 Å². The molecule has 2 nitrogen and oxygen atoms in total. The van der Waals surface area contributed by atoms with Crippen LogP contribution >= 0.6 is 15.9 Å². The number of rotatable bonds is 5. The summed E-state index contributed by atoms with van der Waals surface area (Å²) in [6.07, 6.45) is 2.41. The first-order valence-corrected chi connectivity index (χ1v) is 6.94. The zero-order chi connectivity index (χ0) is 12.4. The van der Waals surface area contributed by atoms with Gasteiger partial charge in [-0.3, -0.25) is 0 Å². The van der Waals surface area contributed by atoms with Crippen molar-refractivity contribution in [1.29, 1.82) is 0 Å². The summed E-state index contributed by atoms with van der Waals surface area (Å²) in [4.78, 5) is 0. The van der Waals surface area contributed by atoms with Crippen molar-refractivity contribution < 1.29 is 4.74 Å². The molecule has 0 spiro atoms. The molecule has 1 aromatic carbocycles. The lowest BCUT2D eigenvalue weighted by Gasteiger charge is -2.17. The summed E-state index contributed by atoms with van der Waals surface area (Å²) in [5.74, 6) is 2.64. The van der Waals surface area contributed by atoms with Crippen LogP contribution in [0.2, 0.25) is 0 Å². The van der Waals surface area contributed by atoms with E-state index in [2.05, 4.69) is 47.4 Å². The Morgan fingerprint density at radius 2 is 2.24 bits per heavy atom. The fraction of sp³-hybridized carbons (Fsp3) is 0.571. The number of likely N-dealkylation sites (N-methyl/N-ethyl adjacent to an activating group) is 1. The summed E-state index contributed by atoms with van der Waals surface area (Å²) >= 11 is 3.62. The number of nitrogens with one attached hydrogen (secondary N) is 1. The molecule has 3 heteroatoms. The first-order chi connectivity index (χ1) is 8.15. The maximum Gasteiger partial charge on any atom is 0.119 e. The summed E-state index contributed by atoms with van der Waals surface area (Å²) < 4.78 is 6.45. The Balaban J connectivity index is 2.10. The minimum absolute atomic E-state index is 0.577. The van der Waals surface area contributed by atoms with Crippen LogP contribution in [0.5, 0.6) is 5.75 Å². The van der Waals surface area contributed by atoms with Crippen LogP contribution in [0.15, 0.2) is 22.7 Å². The standard InChI is InChI=1S/C14H20BrNO/c1-9-6-12(9)14(16-2)8-10-7-11(17-3)4-5-13(10)15/h4-5,7,9,12,14,16H,6,8H2,1-3H3. The zero-order valence-electron chi connectivity index (χ0n) is 10.7. The van der Waals surface area contributed by atoms with Crippen molar-refractivity contribution in [3.63, 3.8) is 0 Å². The molecule has 2 rings (SSSR count). The van der Waals surface area contributed by atoms with Gasteiger partial charge in [0.25, 0.3) is 0 Å². The minimum atomic E-state index is 0.577. The predicted molar refractivity (Wildman–Crippen MR) is 74.5 cm³/mol. The average Bonchev–Trinajstić information content (AvgIpc) is 3.05. The third-order valence-corrected chi connectivity index (χ3v) is 4.53. The summed E-state index contributed by atoms with van der Waals surface area (Å²) in [5, 5.41) is 3.45. The largest absolute Gasteiger partial charge is 0.497 e. The molecule has 0 heterocycles. The summed E-state index contributed by atoms with van der Waals surface area (Å²) in [5.41, 5.74) is 1.32. The first kappa shape index (κ1) is 12.9. The second-order valence-corrected chi connectivity index (χ2v) is 5.79. The van der Waals surface area contributed by atoms with Gasteiger partial charge in [-0.1, -0.05) is 22.9 Å². The highest BCUT2D eigenvalue weighted by Crippen LogP contribution is 2.42. The molecule has 0 aromatic heterocycles. The van der Waals surface area contributed by atoms with Gasteiger partial charge >= 0.3 is 0 Å². The zero-order valence-corrected chi connectivity index (χ0v) is 12.3. The highest BCUT2D eigenvalue weighted by Gasteiger charge is 2.38. The number of hydrogen-bond donors (Lipinski definition) is 1. The Morgan fingerprint density at radius 3 is 2.76 bits per heavy atom. The van der Waals surface area contributed by atoms with Crippen molar-refractivity contribution in [3.05, 3.63) is 28.2 Å². The highest BCUT2D eigenvalue weighted by atomic mass is 79.9. The molecule has 0 aliphatic heterocycles. The third kappa shape index (κ3) is 3.02. The minimum Gasteiger partial charge on any atom is -0.497 e. The molecule has 94 valence electrons. The van der Waals surface area contributed by atoms with E-state index in [0.29, 0.717) is 6.04 Å². The van der Waals surface area contributed by atoms with E-state index >= 15 is 0 Å². The average molecular weight is 298 g/mol. The van der Waals surface area contributed by atoms with E-state index in [0.717, 1.165) is 24.0 Å². The lowest BCUT2D eigenvalue weighted by molar-refractivity contribution is 0.413. The van der Waals surface area contributed by atoms with Crippen LogP contribution in [0.3, 0.4) is 0 Å². The monoisotopic (exact) mass is 297 g/mol. The Kier molecular flexibility index (Phi) is 4.10. The van der Waals surface area contributed by atoms with Crippen LogP contribution in [-0.2, 0) is 6.42 Å². The van der Waals surface area contributed by atoms with Crippen molar-refractivity contribution in [2.24, 2.45) is 11.8 Å². The van der Waals surface area contributed by atoms with Gasteiger partial charge in [0.2, 0.25) is 0 Å². The third-order valence-electron chi connectivity index (χ3n) is 3.75. The molecule has 0 radical (unpaired) electrons. The van der Waals surface area contributed by atoms with Crippen LogP contribution in [0, 0.1) is 11.8 Å². The Hall–Kier alpha value is -0.540. The smallest absolute Gasteiger partial charge is 0.119 e. The molecule has 1 saturated carbocycles. The van der Waals surface area contributed by atoms with Crippen molar-refractivity contribution in [3.8, 4) is 5.75 Å². The van der Waals surface area contributed by atoms with Gasteiger partial charge < -0.3 is 10.1 Å². The van der Waals surface area contributed by atoms with E-state index in [1.165, 1.54) is 16.5 Å². The molecule has 3 atom stereocenters. The van der Waals surface area contributed by atoms with Gasteiger partial charge in [0.05, 0.1) is 7.11 Å². The molecule has 1 N–H and O–H groups in total. The maximum atomic E-state index is 5.28. The second kappa shape index (κ2) is 5.40. The molecule has 1 aliphatic carbocycles. The van der Waals surface area contributed by atoms with Crippen LogP contribution in [0.4, 0.5) is 0 Å². The molecule has 0 amide bonds. The number of ether oxygens (including phenoxy) is 1. The van der Waals surface area contributed by atoms with Gasteiger partial charge in [0.15, 0.2) is 0 Å². The fourth-order valence-electron chi connectivity index (χ4n) is 2.45. The number of methoxy groups -OCH3 is 1. The summed E-state index contributed by atoms with van der Waals surface area (Å²) in [6, 6.07) is 6.76. The number of hydrogen-bond acceptors (Lipinski definition) is 2. The second-order valence-electron chi connectivity index (χ2n) is 4.93. The Bertz CT molecular complexity index is 394. The maximum absolute atomic E-state index is 5.28. The van der Waals surface area contributed by atoms with E-state index in [-0.39, 0.29) is 0 Å².